The zero-order chi connectivity index (χ0) is 20.1. The molecule has 0 aliphatic carbocycles. The fraction of sp³-hybridized carbons (Fsp3) is 0.429. The van der Waals surface area contributed by atoms with Crippen LogP contribution in [0.4, 0.5) is 0 Å². The van der Waals surface area contributed by atoms with E-state index in [2.05, 4.69) is 15.0 Å². The third-order valence-electron chi connectivity index (χ3n) is 3.51. The van der Waals surface area contributed by atoms with Crippen molar-refractivity contribution in [3.63, 3.8) is 0 Å². The van der Waals surface area contributed by atoms with Gasteiger partial charge in [-0.3, -0.25) is 14.3 Å². The Kier molecular flexibility index (Phi) is 6.95. The number of hydrogen-bond acceptors (Lipinski definition) is 9. The van der Waals surface area contributed by atoms with E-state index < -0.39 is 35.0 Å². The molecular formula is C14H20N3O8PS. The Morgan fingerprint density at radius 1 is 1.41 bits per heavy atom. The van der Waals surface area contributed by atoms with E-state index in [0.717, 1.165) is 12.2 Å². The van der Waals surface area contributed by atoms with Gasteiger partial charge in [0.2, 0.25) is 21.1 Å². The smallest absolute Gasteiger partial charge is 0.346 e. The van der Waals surface area contributed by atoms with Gasteiger partial charge in [-0.05, 0) is 17.3 Å². The predicted octanol–water partition coefficient (Wildman–Crippen LogP) is 0.289. The van der Waals surface area contributed by atoms with Crippen molar-refractivity contribution in [1.82, 2.24) is 10.4 Å². The van der Waals surface area contributed by atoms with Gasteiger partial charge in [-0.2, -0.15) is 0 Å². The summed E-state index contributed by atoms with van der Waals surface area (Å²) in [5.74, 6) is -0.782. The van der Waals surface area contributed by atoms with Crippen molar-refractivity contribution < 1.29 is 36.9 Å². The fourth-order valence-electron chi connectivity index (χ4n) is 2.10. The van der Waals surface area contributed by atoms with Crippen LogP contribution in [-0.4, -0.2) is 62.6 Å². The second-order valence-corrected chi connectivity index (χ2v) is 9.41. The van der Waals surface area contributed by atoms with Crippen molar-refractivity contribution in [3.8, 4) is 0 Å². The zero-order valence-electron chi connectivity index (χ0n) is 14.6. The molecule has 1 aliphatic rings. The van der Waals surface area contributed by atoms with Gasteiger partial charge in [0, 0.05) is 14.2 Å². The van der Waals surface area contributed by atoms with Crippen LogP contribution >= 0.6 is 7.60 Å². The first kappa shape index (κ1) is 21.3. The second kappa shape index (κ2) is 8.81. The van der Waals surface area contributed by atoms with E-state index in [1.807, 2.05) is 0 Å². The number of nitrogens with one attached hydrogen (secondary N) is 1. The summed E-state index contributed by atoms with van der Waals surface area (Å²) >= 11 is 0. The van der Waals surface area contributed by atoms with Gasteiger partial charge in [0.25, 0.3) is 5.90 Å². The maximum Gasteiger partial charge on any atom is 0.346 e. The molecule has 0 fully saturated rings. The van der Waals surface area contributed by atoms with Gasteiger partial charge in [-0.15, -0.1) is 0 Å². The lowest BCUT2D eigenvalue weighted by Gasteiger charge is -2.18. The zero-order valence-corrected chi connectivity index (χ0v) is 16.4. The van der Waals surface area contributed by atoms with Crippen LogP contribution in [0, 0.1) is 0 Å². The quantitative estimate of drug-likeness (QED) is 0.566. The van der Waals surface area contributed by atoms with Crippen molar-refractivity contribution in [2.45, 2.75) is 16.7 Å². The number of hydrogen-bond donors (Lipinski definition) is 2. The third-order valence-corrected chi connectivity index (χ3v) is 6.65. The van der Waals surface area contributed by atoms with Gasteiger partial charge in [0.15, 0.2) is 0 Å². The molecule has 2 unspecified atom stereocenters. The van der Waals surface area contributed by atoms with Gasteiger partial charge in [0.05, 0.1) is 17.9 Å². The Morgan fingerprint density at radius 2 is 2.07 bits per heavy atom. The first-order valence-corrected chi connectivity index (χ1v) is 11.0. The Hall–Kier alpha value is -1.98. The first-order valence-electron chi connectivity index (χ1n) is 7.71. The standard InChI is InChI=1S/C14H20N3O8PS/c1-17-14(27(21,22)11-6-4-3-5-7-11)13(16-25-17)24-9-8-12(18)15-10-26(19,20)23-2/h3-7,14H,8-10H2,1-2H3,(H,15,18)(H,19,20). The molecule has 2 N–H and O–H groups in total. The molecule has 11 nitrogen and oxygen atoms in total. The van der Waals surface area contributed by atoms with Crippen LogP contribution < -0.4 is 5.32 Å². The number of benzene rings is 1. The third kappa shape index (κ3) is 5.50. The molecule has 150 valence electrons. The molecule has 2 atom stereocenters. The van der Waals surface area contributed by atoms with Crippen molar-refractivity contribution in [3.05, 3.63) is 30.3 Å². The fourth-order valence-corrected chi connectivity index (χ4v) is 4.21. The molecule has 0 saturated heterocycles. The van der Waals surface area contributed by atoms with E-state index in [9.17, 15) is 22.7 Å². The molecular weight excluding hydrogens is 401 g/mol. The molecule has 27 heavy (non-hydrogen) atoms. The molecule has 2 rings (SSSR count). The van der Waals surface area contributed by atoms with E-state index >= 15 is 0 Å². The molecule has 1 aliphatic heterocycles. The summed E-state index contributed by atoms with van der Waals surface area (Å²) in [6.45, 7) is -0.203. The highest BCUT2D eigenvalue weighted by atomic mass is 32.2. The highest BCUT2D eigenvalue weighted by molar-refractivity contribution is 7.92. The van der Waals surface area contributed by atoms with Crippen molar-refractivity contribution in [2.24, 2.45) is 5.16 Å². The summed E-state index contributed by atoms with van der Waals surface area (Å²) in [5.41, 5.74) is 0. The first-order chi connectivity index (χ1) is 12.7. The number of nitrogens with zero attached hydrogens (tertiary/aromatic N) is 2. The number of sulfone groups is 1. The maximum atomic E-state index is 12.8. The van der Waals surface area contributed by atoms with Gasteiger partial charge >= 0.3 is 7.60 Å². The van der Waals surface area contributed by atoms with Gasteiger partial charge in [0.1, 0.15) is 6.29 Å². The monoisotopic (exact) mass is 421 g/mol. The van der Waals surface area contributed by atoms with E-state index in [1.54, 1.807) is 18.2 Å². The molecule has 0 bridgehead atoms. The molecule has 1 aromatic carbocycles. The molecule has 1 heterocycles. The Labute approximate surface area is 156 Å². The van der Waals surface area contributed by atoms with Crippen molar-refractivity contribution in [2.75, 3.05) is 27.1 Å². The van der Waals surface area contributed by atoms with Crippen LogP contribution in [0.5, 0.6) is 0 Å². The second-order valence-electron chi connectivity index (χ2n) is 5.44. The largest absolute Gasteiger partial charge is 0.476 e. The van der Waals surface area contributed by atoms with E-state index in [0.29, 0.717) is 0 Å². The number of rotatable bonds is 8. The van der Waals surface area contributed by atoms with E-state index in [1.165, 1.54) is 19.2 Å². The van der Waals surface area contributed by atoms with Crippen LogP contribution in [-0.2, 0) is 33.4 Å². The topological polar surface area (TPSA) is 144 Å². The minimum absolute atomic E-state index is 0.0691. The Morgan fingerprint density at radius 3 is 2.70 bits per heavy atom. The average molecular weight is 421 g/mol. The van der Waals surface area contributed by atoms with Gasteiger partial charge in [-0.1, -0.05) is 23.3 Å². The summed E-state index contributed by atoms with van der Waals surface area (Å²) in [4.78, 5) is 25.8. The lowest BCUT2D eigenvalue weighted by molar-refractivity contribution is -0.121. The minimum Gasteiger partial charge on any atom is -0.476 e. The highest BCUT2D eigenvalue weighted by Crippen LogP contribution is 2.38. The van der Waals surface area contributed by atoms with Crippen molar-refractivity contribution >= 4 is 29.2 Å². The SMILES string of the molecule is COP(=O)(O)CNC(=O)CCOC1=NON(C)C1S(=O)(=O)c1ccccc1. The number of carbonyl (C=O) groups excluding carboxylic acids is 1. The summed E-state index contributed by atoms with van der Waals surface area (Å²) < 4.78 is 46.4. The predicted molar refractivity (Wildman–Crippen MR) is 94.1 cm³/mol. The minimum atomic E-state index is -3.86. The number of likely N-dealkylation sites (N-methyl/N-ethyl adjacent to an activating group) is 1. The number of hydroxylamine groups is 2. The summed E-state index contributed by atoms with van der Waals surface area (Å²) in [7, 11) is -5.28. The van der Waals surface area contributed by atoms with E-state index in [4.69, 9.17) is 9.68 Å². The average Bonchev–Trinajstić information content (AvgIpc) is 3.02. The number of carbonyl (C=O) groups is 1. The molecule has 1 amide bonds. The van der Waals surface area contributed by atoms with Crippen LogP contribution in [0.15, 0.2) is 40.4 Å². The lowest BCUT2D eigenvalue weighted by Crippen LogP contribution is -2.40. The van der Waals surface area contributed by atoms with Gasteiger partial charge < -0.3 is 19.5 Å². The van der Waals surface area contributed by atoms with Crippen LogP contribution in [0.25, 0.3) is 0 Å². The van der Waals surface area contributed by atoms with Gasteiger partial charge in [-0.25, -0.2) is 8.42 Å². The number of amides is 1. The van der Waals surface area contributed by atoms with Crippen LogP contribution in [0.1, 0.15) is 6.42 Å². The summed E-state index contributed by atoms with van der Waals surface area (Å²) in [6.07, 6.45) is -0.731. The summed E-state index contributed by atoms with van der Waals surface area (Å²) in [5, 5.41) is 5.54. The highest BCUT2D eigenvalue weighted by Gasteiger charge is 2.43. The normalized spacial score (nSPS) is 19.7. The molecule has 0 saturated carbocycles. The lowest BCUT2D eigenvalue weighted by atomic mass is 10.4. The maximum absolute atomic E-state index is 12.8. The van der Waals surface area contributed by atoms with Crippen LogP contribution in [0.2, 0.25) is 0 Å². The Bertz CT molecular complexity index is 845. The molecule has 0 spiro atoms. The van der Waals surface area contributed by atoms with Crippen LogP contribution in [0.3, 0.4) is 0 Å². The molecule has 1 aromatic rings. The molecule has 0 radical (unpaired) electrons. The van der Waals surface area contributed by atoms with Crippen molar-refractivity contribution in [1.29, 1.82) is 0 Å². The number of ether oxygens (including phenoxy) is 1. The Balaban J connectivity index is 1.94. The summed E-state index contributed by atoms with van der Waals surface area (Å²) in [6, 6.07) is 7.74. The molecule has 13 heteroatoms. The molecule has 0 aromatic heterocycles. The number of oxime groups is 1. The van der Waals surface area contributed by atoms with E-state index in [-0.39, 0.29) is 23.8 Å².